The maximum absolute atomic E-state index is 11.1. The smallest absolute Gasteiger partial charge is 0.309 e. The van der Waals surface area contributed by atoms with Crippen LogP contribution >= 0.6 is 22.6 Å². The minimum absolute atomic E-state index is 0.00557. The largest absolute Gasteiger partial charge is 0.452 e. The van der Waals surface area contributed by atoms with E-state index < -0.39 is 0 Å². The normalized spacial score (nSPS) is 11.2. The predicted octanol–water partition coefficient (Wildman–Crippen LogP) is 2.36. The summed E-state index contributed by atoms with van der Waals surface area (Å²) in [6.07, 6.45) is 1.89. The zero-order chi connectivity index (χ0) is 9.40. The number of carbonyl (C=O) groups excluding carboxylic acids is 1. The number of esters is 1. The monoisotopic (exact) mass is 280 g/mol. The van der Waals surface area contributed by atoms with Crippen LogP contribution in [-0.2, 0) is 9.53 Å². The number of halogens is 1. The summed E-state index contributed by atoms with van der Waals surface area (Å²) in [4.78, 5) is 11.1. The summed E-state index contributed by atoms with van der Waals surface area (Å²) in [7, 11) is 0. The molecule has 0 radical (unpaired) electrons. The molecule has 68 valence electrons. The minimum atomic E-state index is -0.143. The first-order valence-corrected chi connectivity index (χ1v) is 5.05. The van der Waals surface area contributed by atoms with Crippen molar-refractivity contribution in [1.82, 2.24) is 0 Å². The number of ether oxygens (including phenoxy) is 1. The van der Waals surface area contributed by atoms with Crippen LogP contribution in [0.2, 0.25) is 0 Å². The second-order valence-electron chi connectivity index (χ2n) is 2.57. The highest BCUT2D eigenvalue weighted by atomic mass is 127. The standard InChI is InChI=1S/C9H13IO2/c1-3-5-8(2)9(11)12-7-4-6-10/h8H,3,5,7H2,1-2H3. The number of rotatable bonds is 4. The van der Waals surface area contributed by atoms with Gasteiger partial charge in [0, 0.05) is 22.6 Å². The molecule has 1 unspecified atom stereocenters. The number of carbonyl (C=O) groups is 1. The molecule has 3 heteroatoms. The molecular weight excluding hydrogens is 267 g/mol. The summed E-state index contributed by atoms with van der Waals surface area (Å²) in [5.41, 5.74) is 0. The van der Waals surface area contributed by atoms with Gasteiger partial charge in [-0.2, -0.15) is 0 Å². The third-order valence-electron chi connectivity index (χ3n) is 1.48. The molecule has 0 aromatic heterocycles. The van der Waals surface area contributed by atoms with Crippen molar-refractivity contribution >= 4 is 28.6 Å². The molecule has 1 atom stereocenters. The van der Waals surface area contributed by atoms with Gasteiger partial charge in [0.1, 0.15) is 0 Å². The van der Waals surface area contributed by atoms with Crippen LogP contribution in [0.5, 0.6) is 0 Å². The lowest BCUT2D eigenvalue weighted by Crippen LogP contribution is -2.14. The molecule has 0 aliphatic rings. The van der Waals surface area contributed by atoms with Crippen molar-refractivity contribution in [2.75, 3.05) is 6.61 Å². The van der Waals surface area contributed by atoms with Gasteiger partial charge in [-0.05, 0) is 10.3 Å². The third kappa shape index (κ3) is 5.42. The Morgan fingerprint density at radius 1 is 1.67 bits per heavy atom. The fraction of sp³-hybridized carbons (Fsp3) is 0.667. The van der Waals surface area contributed by atoms with E-state index in [9.17, 15) is 4.79 Å². The molecule has 2 nitrogen and oxygen atoms in total. The second-order valence-corrected chi connectivity index (χ2v) is 3.11. The summed E-state index contributed by atoms with van der Waals surface area (Å²) < 4.78 is 7.52. The molecule has 0 fully saturated rings. The van der Waals surface area contributed by atoms with Gasteiger partial charge < -0.3 is 4.74 Å². The summed E-state index contributed by atoms with van der Waals surface area (Å²) in [5, 5.41) is 0. The highest BCUT2D eigenvalue weighted by molar-refractivity contribution is 14.1. The van der Waals surface area contributed by atoms with Gasteiger partial charge in [-0.15, -0.1) is 0 Å². The van der Waals surface area contributed by atoms with E-state index >= 15 is 0 Å². The molecule has 0 amide bonds. The summed E-state index contributed by atoms with van der Waals surface area (Å²) in [6, 6.07) is 0. The van der Waals surface area contributed by atoms with Crippen LogP contribution in [0, 0.1) is 15.8 Å². The molecule has 0 bridgehead atoms. The van der Waals surface area contributed by atoms with E-state index in [1.165, 1.54) is 0 Å². The fourth-order valence-corrected chi connectivity index (χ4v) is 0.983. The lowest BCUT2D eigenvalue weighted by molar-refractivity contribution is -0.146. The maximum atomic E-state index is 11.1. The molecular formula is C9H13IO2. The lowest BCUT2D eigenvalue weighted by Gasteiger charge is -2.07. The van der Waals surface area contributed by atoms with Gasteiger partial charge in [0.2, 0.25) is 0 Å². The quantitative estimate of drug-likeness (QED) is 0.449. The van der Waals surface area contributed by atoms with Crippen molar-refractivity contribution in [3.05, 3.63) is 0 Å². The molecule has 0 aromatic carbocycles. The Kier molecular flexibility index (Phi) is 7.26. The van der Waals surface area contributed by atoms with Crippen molar-refractivity contribution in [3.8, 4) is 9.85 Å². The first-order valence-electron chi connectivity index (χ1n) is 3.97. The highest BCUT2D eigenvalue weighted by Crippen LogP contribution is 2.06. The predicted molar refractivity (Wildman–Crippen MR) is 56.8 cm³/mol. The molecule has 0 heterocycles. The first-order chi connectivity index (χ1) is 5.72. The van der Waals surface area contributed by atoms with Crippen LogP contribution in [0.3, 0.4) is 0 Å². The van der Waals surface area contributed by atoms with E-state index in [0.29, 0.717) is 0 Å². The van der Waals surface area contributed by atoms with Gasteiger partial charge >= 0.3 is 5.97 Å². The summed E-state index contributed by atoms with van der Waals surface area (Å²) >= 11 is 1.92. The molecule has 0 N–H and O–H groups in total. The highest BCUT2D eigenvalue weighted by Gasteiger charge is 2.11. The second kappa shape index (κ2) is 7.41. The van der Waals surface area contributed by atoms with E-state index in [2.05, 4.69) is 16.8 Å². The van der Waals surface area contributed by atoms with Crippen LogP contribution in [0.4, 0.5) is 0 Å². The van der Waals surface area contributed by atoms with Crippen LogP contribution in [-0.4, -0.2) is 12.6 Å². The zero-order valence-corrected chi connectivity index (χ0v) is 9.55. The van der Waals surface area contributed by atoms with E-state index in [1.54, 1.807) is 0 Å². The number of hydrogen-bond donors (Lipinski definition) is 0. The molecule has 0 aromatic rings. The molecule has 0 aliphatic heterocycles. The molecule has 0 aliphatic carbocycles. The Morgan fingerprint density at radius 2 is 2.33 bits per heavy atom. The van der Waals surface area contributed by atoms with E-state index in [-0.39, 0.29) is 18.5 Å². The molecule has 0 rings (SSSR count). The van der Waals surface area contributed by atoms with Crippen molar-refractivity contribution < 1.29 is 9.53 Å². The van der Waals surface area contributed by atoms with Crippen molar-refractivity contribution in [2.24, 2.45) is 5.92 Å². The van der Waals surface area contributed by atoms with Gasteiger partial charge in [0.15, 0.2) is 6.61 Å². The van der Waals surface area contributed by atoms with Crippen LogP contribution in [0.15, 0.2) is 0 Å². The van der Waals surface area contributed by atoms with Crippen LogP contribution in [0.1, 0.15) is 26.7 Å². The molecule has 0 spiro atoms. The van der Waals surface area contributed by atoms with Crippen molar-refractivity contribution in [3.63, 3.8) is 0 Å². The van der Waals surface area contributed by atoms with Gasteiger partial charge in [0.25, 0.3) is 0 Å². The van der Waals surface area contributed by atoms with Crippen molar-refractivity contribution in [2.45, 2.75) is 26.7 Å². The van der Waals surface area contributed by atoms with E-state index in [1.807, 2.05) is 29.5 Å². The summed E-state index contributed by atoms with van der Waals surface area (Å²) in [5.74, 6) is 2.53. The average Bonchev–Trinajstić information content (AvgIpc) is 2.05. The van der Waals surface area contributed by atoms with Crippen LogP contribution < -0.4 is 0 Å². The topological polar surface area (TPSA) is 26.3 Å². The van der Waals surface area contributed by atoms with Gasteiger partial charge in [-0.25, -0.2) is 0 Å². The third-order valence-corrected chi connectivity index (χ3v) is 1.86. The Labute approximate surface area is 87.2 Å². The first kappa shape index (κ1) is 11.8. The molecule has 0 saturated carbocycles. The van der Waals surface area contributed by atoms with Crippen LogP contribution in [0.25, 0.3) is 0 Å². The Bertz CT molecular complexity index is 190. The average molecular weight is 280 g/mol. The van der Waals surface area contributed by atoms with Crippen molar-refractivity contribution in [1.29, 1.82) is 0 Å². The van der Waals surface area contributed by atoms with E-state index in [0.717, 1.165) is 12.8 Å². The minimum Gasteiger partial charge on any atom is -0.452 e. The van der Waals surface area contributed by atoms with Gasteiger partial charge in [-0.1, -0.05) is 26.2 Å². The SMILES string of the molecule is CCCC(C)C(=O)OCC#CI. The number of hydrogen-bond acceptors (Lipinski definition) is 2. The van der Waals surface area contributed by atoms with Gasteiger partial charge in [0.05, 0.1) is 5.92 Å². The lowest BCUT2D eigenvalue weighted by atomic mass is 10.1. The Hall–Kier alpha value is -0.240. The fourth-order valence-electron chi connectivity index (χ4n) is 0.828. The molecule has 12 heavy (non-hydrogen) atoms. The maximum Gasteiger partial charge on any atom is 0.309 e. The van der Waals surface area contributed by atoms with E-state index in [4.69, 9.17) is 4.74 Å². The summed E-state index contributed by atoms with van der Waals surface area (Å²) in [6.45, 7) is 4.15. The van der Waals surface area contributed by atoms with Gasteiger partial charge in [-0.3, -0.25) is 4.79 Å². The zero-order valence-electron chi connectivity index (χ0n) is 7.39. The Morgan fingerprint density at radius 3 is 2.83 bits per heavy atom. The Balaban J connectivity index is 3.61. The molecule has 0 saturated heterocycles.